The lowest BCUT2D eigenvalue weighted by Crippen LogP contribution is -2.37. The Balaban J connectivity index is 1.46. The molecule has 5 aromatic rings. The second-order valence-electron chi connectivity index (χ2n) is 7.90. The van der Waals surface area contributed by atoms with Gasteiger partial charge in [-0.05, 0) is 60.7 Å². The molecule has 0 aliphatic heterocycles. The van der Waals surface area contributed by atoms with Crippen LogP contribution < -0.4 is 14.4 Å². The number of rotatable bonds is 7. The number of hydrogen-bond donors (Lipinski definition) is 0. The smallest absolute Gasteiger partial charge is 0.266 e. The zero-order valence-corrected chi connectivity index (χ0v) is 19.6. The summed E-state index contributed by atoms with van der Waals surface area (Å²) >= 11 is 0. The summed E-state index contributed by atoms with van der Waals surface area (Å²) in [6.45, 7) is 0. The number of aromatic nitrogens is 2. The van der Waals surface area contributed by atoms with Gasteiger partial charge in [0.15, 0.2) is 5.82 Å². The van der Waals surface area contributed by atoms with Gasteiger partial charge in [-0.2, -0.15) is 0 Å². The number of hydrogen-bond acceptors (Lipinski definition) is 6. The average molecular weight is 488 g/mol. The molecule has 0 aliphatic rings. The van der Waals surface area contributed by atoms with E-state index in [-0.39, 0.29) is 16.9 Å². The van der Waals surface area contributed by atoms with E-state index < -0.39 is 11.8 Å². The van der Waals surface area contributed by atoms with E-state index in [1.54, 1.807) is 48.5 Å². The van der Waals surface area contributed by atoms with Crippen LogP contribution in [0.1, 0.15) is 20.7 Å². The second-order valence-corrected chi connectivity index (χ2v) is 7.90. The summed E-state index contributed by atoms with van der Waals surface area (Å²) in [6, 6.07) is 31.7. The van der Waals surface area contributed by atoms with Crippen molar-refractivity contribution in [1.29, 1.82) is 0 Å². The summed E-state index contributed by atoms with van der Waals surface area (Å²) in [5, 5.41) is 0. The molecule has 1 aromatic heterocycles. The maximum Gasteiger partial charge on any atom is 0.266 e. The molecular weight excluding hydrogens is 466 g/mol. The first-order valence-electron chi connectivity index (χ1n) is 11.5. The summed E-state index contributed by atoms with van der Waals surface area (Å²) in [6.07, 6.45) is 4.26. The highest BCUT2D eigenvalue weighted by atomic mass is 16.5. The highest BCUT2D eigenvalue weighted by Crippen LogP contribution is 2.26. The van der Waals surface area contributed by atoms with Gasteiger partial charge in [-0.1, -0.05) is 48.5 Å². The molecule has 0 bridgehead atoms. The summed E-state index contributed by atoms with van der Waals surface area (Å²) in [7, 11) is 0. The van der Waals surface area contributed by atoms with Crippen molar-refractivity contribution < 1.29 is 19.1 Å². The SMILES string of the molecule is O=C(c1cccc(Oc2ccccc2)c1)N(C(=O)c1cccc(Oc2ccccc2)c1)c1cnccn1. The third-order valence-electron chi connectivity index (χ3n) is 5.30. The van der Waals surface area contributed by atoms with Crippen LogP contribution in [0.3, 0.4) is 0 Å². The first kappa shape index (κ1) is 23.4. The van der Waals surface area contributed by atoms with Crippen molar-refractivity contribution in [1.82, 2.24) is 9.97 Å². The zero-order chi connectivity index (χ0) is 25.5. The molecule has 5 rings (SSSR count). The van der Waals surface area contributed by atoms with Gasteiger partial charge in [0.05, 0.1) is 6.20 Å². The van der Waals surface area contributed by atoms with Gasteiger partial charge in [-0.15, -0.1) is 0 Å². The van der Waals surface area contributed by atoms with E-state index in [0.29, 0.717) is 23.0 Å². The van der Waals surface area contributed by atoms with Crippen LogP contribution in [0.25, 0.3) is 0 Å². The van der Waals surface area contributed by atoms with Crippen LogP contribution in [0.5, 0.6) is 23.0 Å². The summed E-state index contributed by atoms with van der Waals surface area (Å²) in [4.78, 5) is 36.6. The fourth-order valence-corrected chi connectivity index (χ4v) is 3.60. The molecule has 7 heteroatoms. The minimum Gasteiger partial charge on any atom is -0.457 e. The van der Waals surface area contributed by atoms with Gasteiger partial charge >= 0.3 is 0 Å². The molecule has 0 spiro atoms. The van der Waals surface area contributed by atoms with E-state index in [0.717, 1.165) is 4.90 Å². The Hall–Kier alpha value is -5.30. The Morgan fingerprint density at radius 3 is 1.51 bits per heavy atom. The van der Waals surface area contributed by atoms with Gasteiger partial charge in [0.2, 0.25) is 0 Å². The van der Waals surface area contributed by atoms with Crippen LogP contribution >= 0.6 is 0 Å². The highest BCUT2D eigenvalue weighted by molar-refractivity contribution is 6.25. The predicted octanol–water partition coefficient (Wildman–Crippen LogP) is 6.55. The van der Waals surface area contributed by atoms with Crippen LogP contribution in [0.2, 0.25) is 0 Å². The van der Waals surface area contributed by atoms with Gasteiger partial charge < -0.3 is 9.47 Å². The largest absolute Gasteiger partial charge is 0.457 e. The van der Waals surface area contributed by atoms with Crippen molar-refractivity contribution in [2.75, 3.05) is 4.90 Å². The highest BCUT2D eigenvalue weighted by Gasteiger charge is 2.28. The van der Waals surface area contributed by atoms with E-state index in [9.17, 15) is 9.59 Å². The fraction of sp³-hybridized carbons (Fsp3) is 0. The van der Waals surface area contributed by atoms with Gasteiger partial charge in [-0.3, -0.25) is 14.6 Å². The van der Waals surface area contributed by atoms with Crippen LogP contribution in [0.15, 0.2) is 128 Å². The van der Waals surface area contributed by atoms with E-state index in [2.05, 4.69) is 9.97 Å². The molecule has 0 aliphatic carbocycles. The fourth-order valence-electron chi connectivity index (χ4n) is 3.60. The molecule has 4 aromatic carbocycles. The number of carbonyl (C=O) groups is 2. The van der Waals surface area contributed by atoms with Crippen molar-refractivity contribution in [2.24, 2.45) is 0 Å². The number of benzene rings is 4. The van der Waals surface area contributed by atoms with Crippen molar-refractivity contribution >= 4 is 17.6 Å². The molecule has 1 heterocycles. The molecule has 0 saturated heterocycles. The molecule has 180 valence electrons. The third-order valence-corrected chi connectivity index (χ3v) is 5.30. The average Bonchev–Trinajstić information content (AvgIpc) is 2.95. The Kier molecular flexibility index (Phi) is 6.95. The molecular formula is C30H21N3O4. The molecule has 2 amide bonds. The Morgan fingerprint density at radius 2 is 1.05 bits per heavy atom. The van der Waals surface area contributed by atoms with Crippen molar-refractivity contribution in [3.8, 4) is 23.0 Å². The van der Waals surface area contributed by atoms with Crippen molar-refractivity contribution in [2.45, 2.75) is 0 Å². The maximum absolute atomic E-state index is 13.7. The maximum atomic E-state index is 13.7. The van der Waals surface area contributed by atoms with Crippen LogP contribution in [0.4, 0.5) is 5.82 Å². The van der Waals surface area contributed by atoms with Gasteiger partial charge in [-0.25, -0.2) is 9.88 Å². The number of amides is 2. The lowest BCUT2D eigenvalue weighted by molar-refractivity contribution is 0.0896. The molecule has 0 fully saturated rings. The molecule has 0 unspecified atom stereocenters. The van der Waals surface area contributed by atoms with E-state index in [4.69, 9.17) is 9.47 Å². The molecule has 0 N–H and O–H groups in total. The molecule has 0 radical (unpaired) electrons. The van der Waals surface area contributed by atoms with Crippen LogP contribution in [-0.2, 0) is 0 Å². The monoisotopic (exact) mass is 487 g/mol. The number of ether oxygens (including phenoxy) is 2. The third kappa shape index (κ3) is 5.68. The standard InChI is InChI=1S/C30H21N3O4/c34-29(22-9-7-15-26(19-22)36-24-11-3-1-4-12-24)33(28-21-31-17-18-32-28)30(35)23-10-8-16-27(20-23)37-25-13-5-2-6-14-25/h1-21H. The van der Waals surface area contributed by atoms with Gasteiger partial charge in [0.1, 0.15) is 23.0 Å². The molecule has 7 nitrogen and oxygen atoms in total. The van der Waals surface area contributed by atoms with Crippen LogP contribution in [-0.4, -0.2) is 21.8 Å². The first-order valence-corrected chi connectivity index (χ1v) is 11.5. The minimum atomic E-state index is -0.571. The van der Waals surface area contributed by atoms with E-state index in [1.807, 2.05) is 60.7 Å². The minimum absolute atomic E-state index is 0.0984. The Labute approximate surface area is 213 Å². The second kappa shape index (κ2) is 11.0. The molecule has 0 saturated carbocycles. The lowest BCUT2D eigenvalue weighted by atomic mass is 10.1. The Bertz CT molecular complexity index is 1410. The predicted molar refractivity (Wildman–Crippen MR) is 139 cm³/mol. The number of anilines is 1. The summed E-state index contributed by atoms with van der Waals surface area (Å²) in [5.41, 5.74) is 0.508. The quantitative estimate of drug-likeness (QED) is 0.242. The Morgan fingerprint density at radius 1 is 0.568 bits per heavy atom. The van der Waals surface area contributed by atoms with Gasteiger partial charge in [0, 0.05) is 23.5 Å². The zero-order valence-electron chi connectivity index (χ0n) is 19.6. The molecule has 37 heavy (non-hydrogen) atoms. The van der Waals surface area contributed by atoms with Crippen LogP contribution in [0, 0.1) is 0 Å². The first-order chi connectivity index (χ1) is 18.2. The lowest BCUT2D eigenvalue weighted by Gasteiger charge is -2.20. The number of imide groups is 1. The number of nitrogens with zero attached hydrogens (tertiary/aromatic N) is 3. The van der Waals surface area contributed by atoms with E-state index in [1.165, 1.54) is 18.6 Å². The normalized spacial score (nSPS) is 10.4. The van der Waals surface area contributed by atoms with Crippen molar-refractivity contribution in [3.05, 3.63) is 139 Å². The number of para-hydroxylation sites is 2. The summed E-state index contributed by atoms with van der Waals surface area (Å²) < 4.78 is 11.7. The summed E-state index contributed by atoms with van der Waals surface area (Å²) in [5.74, 6) is 1.13. The van der Waals surface area contributed by atoms with E-state index >= 15 is 0 Å². The number of carbonyl (C=O) groups excluding carboxylic acids is 2. The van der Waals surface area contributed by atoms with Gasteiger partial charge in [0.25, 0.3) is 11.8 Å². The molecule has 0 atom stereocenters. The topological polar surface area (TPSA) is 81.6 Å². The van der Waals surface area contributed by atoms with Crippen molar-refractivity contribution in [3.63, 3.8) is 0 Å².